The van der Waals surface area contributed by atoms with Crippen molar-refractivity contribution < 1.29 is 0 Å². The van der Waals surface area contributed by atoms with Crippen LogP contribution in [0.2, 0.25) is 0 Å². The molecule has 1 N–H and O–H groups in total. The van der Waals surface area contributed by atoms with Gasteiger partial charge in [-0.2, -0.15) is 5.10 Å². The second-order valence-corrected chi connectivity index (χ2v) is 5.07. The lowest BCUT2D eigenvalue weighted by Gasteiger charge is -2.10. The summed E-state index contributed by atoms with van der Waals surface area (Å²) in [6.45, 7) is 0. The van der Waals surface area contributed by atoms with E-state index in [0.717, 1.165) is 16.3 Å². The zero-order valence-corrected chi connectivity index (χ0v) is 11.3. The lowest BCUT2D eigenvalue weighted by molar-refractivity contribution is 0.686. The van der Waals surface area contributed by atoms with E-state index in [1.165, 1.54) is 0 Å². The molecule has 0 bridgehead atoms. The smallest absolute Gasteiger partial charge is 0.114 e. The molecule has 4 nitrogen and oxygen atoms in total. The molecule has 2 aromatic heterocycles. The summed E-state index contributed by atoms with van der Waals surface area (Å²) in [5, 5.41) is 10.7. The molecule has 0 saturated heterocycles. The summed E-state index contributed by atoms with van der Waals surface area (Å²) >= 11 is 1.64. The summed E-state index contributed by atoms with van der Waals surface area (Å²) in [5.74, 6) is 0. The molecule has 5 heteroatoms. The minimum absolute atomic E-state index is 0.0949. The van der Waals surface area contributed by atoms with E-state index in [-0.39, 0.29) is 6.04 Å². The van der Waals surface area contributed by atoms with Gasteiger partial charge >= 0.3 is 0 Å². The van der Waals surface area contributed by atoms with Gasteiger partial charge in [0.05, 0.1) is 17.9 Å². The molecular formula is C14H14N4S. The molecule has 19 heavy (non-hydrogen) atoms. The Labute approximate surface area is 115 Å². The van der Waals surface area contributed by atoms with Crippen LogP contribution in [-0.2, 0) is 0 Å². The van der Waals surface area contributed by atoms with Crippen molar-refractivity contribution in [2.75, 3.05) is 7.05 Å². The first-order chi connectivity index (χ1) is 9.38. The highest BCUT2D eigenvalue weighted by Crippen LogP contribution is 2.23. The highest BCUT2D eigenvalue weighted by molar-refractivity contribution is 7.09. The van der Waals surface area contributed by atoms with Gasteiger partial charge in [0.1, 0.15) is 5.01 Å². The van der Waals surface area contributed by atoms with Gasteiger partial charge in [0, 0.05) is 23.3 Å². The summed E-state index contributed by atoms with van der Waals surface area (Å²) < 4.78 is 1.88. The van der Waals surface area contributed by atoms with Crippen LogP contribution in [0.1, 0.15) is 16.6 Å². The Morgan fingerprint density at radius 2 is 2.11 bits per heavy atom. The fraction of sp³-hybridized carbons (Fsp3) is 0.143. The van der Waals surface area contributed by atoms with Crippen molar-refractivity contribution in [2.45, 2.75) is 6.04 Å². The molecule has 2 heterocycles. The van der Waals surface area contributed by atoms with Crippen LogP contribution in [0, 0.1) is 0 Å². The third-order valence-corrected chi connectivity index (χ3v) is 3.78. The Bertz CT molecular complexity index is 631. The molecule has 0 aliphatic carbocycles. The Morgan fingerprint density at radius 3 is 2.79 bits per heavy atom. The average molecular weight is 270 g/mol. The van der Waals surface area contributed by atoms with Crippen LogP contribution in [0.25, 0.3) is 5.69 Å². The van der Waals surface area contributed by atoms with Gasteiger partial charge in [-0.3, -0.25) is 0 Å². The van der Waals surface area contributed by atoms with Gasteiger partial charge in [0.2, 0.25) is 0 Å². The summed E-state index contributed by atoms with van der Waals surface area (Å²) in [6.07, 6.45) is 5.75. The van der Waals surface area contributed by atoms with Gasteiger partial charge in [-0.1, -0.05) is 18.2 Å². The van der Waals surface area contributed by atoms with Crippen LogP contribution in [0.15, 0.2) is 54.3 Å². The molecule has 0 aliphatic heterocycles. The summed E-state index contributed by atoms with van der Waals surface area (Å²) in [7, 11) is 1.94. The first-order valence-electron chi connectivity index (χ1n) is 6.05. The molecule has 3 rings (SSSR count). The van der Waals surface area contributed by atoms with E-state index in [1.54, 1.807) is 11.3 Å². The molecule has 3 aromatic rings. The van der Waals surface area contributed by atoms with Crippen molar-refractivity contribution >= 4 is 11.3 Å². The van der Waals surface area contributed by atoms with Crippen molar-refractivity contribution in [3.8, 4) is 5.69 Å². The van der Waals surface area contributed by atoms with Crippen LogP contribution < -0.4 is 5.32 Å². The van der Waals surface area contributed by atoms with Gasteiger partial charge < -0.3 is 5.32 Å². The monoisotopic (exact) mass is 270 g/mol. The molecule has 0 aliphatic rings. The maximum atomic E-state index is 4.42. The van der Waals surface area contributed by atoms with Crippen LogP contribution in [-0.4, -0.2) is 21.8 Å². The third kappa shape index (κ3) is 2.43. The summed E-state index contributed by atoms with van der Waals surface area (Å²) in [5.41, 5.74) is 2.17. The predicted octanol–water partition coefficient (Wildman–Crippen LogP) is 2.64. The van der Waals surface area contributed by atoms with Gasteiger partial charge in [0.25, 0.3) is 0 Å². The number of thiazole rings is 1. The predicted molar refractivity (Wildman–Crippen MR) is 76.6 cm³/mol. The fourth-order valence-electron chi connectivity index (χ4n) is 2.02. The molecule has 1 unspecified atom stereocenters. The van der Waals surface area contributed by atoms with E-state index in [9.17, 15) is 0 Å². The van der Waals surface area contributed by atoms with Crippen molar-refractivity contribution in [1.29, 1.82) is 0 Å². The molecular weight excluding hydrogens is 256 g/mol. The Hall–Kier alpha value is -1.98. The van der Waals surface area contributed by atoms with Crippen LogP contribution >= 0.6 is 11.3 Å². The van der Waals surface area contributed by atoms with Crippen molar-refractivity contribution in [3.63, 3.8) is 0 Å². The van der Waals surface area contributed by atoms with E-state index < -0.39 is 0 Å². The maximum absolute atomic E-state index is 4.42. The zero-order chi connectivity index (χ0) is 13.1. The Morgan fingerprint density at radius 1 is 1.26 bits per heavy atom. The fourth-order valence-corrected chi connectivity index (χ4v) is 2.79. The SMILES string of the molecule is CNC(c1cnn(-c2ccccc2)c1)c1nccs1. The zero-order valence-electron chi connectivity index (χ0n) is 10.5. The quantitative estimate of drug-likeness (QED) is 0.792. The number of nitrogens with zero attached hydrogens (tertiary/aromatic N) is 3. The standard InChI is InChI=1S/C14H14N4S/c1-15-13(14-16-7-8-19-14)11-9-17-18(10-11)12-5-3-2-4-6-12/h2-10,13,15H,1H3. The summed E-state index contributed by atoms with van der Waals surface area (Å²) in [4.78, 5) is 4.36. The maximum Gasteiger partial charge on any atom is 0.114 e. The van der Waals surface area contributed by atoms with Crippen LogP contribution in [0.4, 0.5) is 0 Å². The number of aromatic nitrogens is 3. The van der Waals surface area contributed by atoms with E-state index in [2.05, 4.69) is 15.4 Å². The number of hydrogen-bond donors (Lipinski definition) is 1. The van der Waals surface area contributed by atoms with Crippen molar-refractivity contribution in [2.24, 2.45) is 0 Å². The second-order valence-electron chi connectivity index (χ2n) is 4.15. The van der Waals surface area contributed by atoms with Crippen LogP contribution in [0.5, 0.6) is 0 Å². The van der Waals surface area contributed by atoms with Gasteiger partial charge in [-0.15, -0.1) is 11.3 Å². The second kappa shape index (κ2) is 5.34. The van der Waals surface area contributed by atoms with Crippen LogP contribution in [0.3, 0.4) is 0 Å². The summed E-state index contributed by atoms with van der Waals surface area (Å²) in [6, 6.07) is 10.2. The highest BCUT2D eigenvalue weighted by atomic mass is 32.1. The van der Waals surface area contributed by atoms with E-state index in [0.29, 0.717) is 0 Å². The topological polar surface area (TPSA) is 42.7 Å². The van der Waals surface area contributed by atoms with Crippen molar-refractivity contribution in [3.05, 3.63) is 64.9 Å². The van der Waals surface area contributed by atoms with E-state index in [4.69, 9.17) is 0 Å². The number of hydrogen-bond acceptors (Lipinski definition) is 4. The number of rotatable bonds is 4. The lowest BCUT2D eigenvalue weighted by atomic mass is 10.2. The first-order valence-corrected chi connectivity index (χ1v) is 6.93. The third-order valence-electron chi connectivity index (χ3n) is 2.94. The minimum Gasteiger partial charge on any atom is -0.307 e. The van der Waals surface area contributed by atoms with Crippen molar-refractivity contribution in [1.82, 2.24) is 20.1 Å². The lowest BCUT2D eigenvalue weighted by Crippen LogP contribution is -2.16. The minimum atomic E-state index is 0.0949. The van der Waals surface area contributed by atoms with Gasteiger partial charge in [-0.05, 0) is 19.2 Å². The first kappa shape index (κ1) is 12.1. The highest BCUT2D eigenvalue weighted by Gasteiger charge is 2.16. The Kier molecular flexibility index (Phi) is 3.39. The molecule has 0 saturated carbocycles. The van der Waals surface area contributed by atoms with Gasteiger partial charge in [-0.25, -0.2) is 9.67 Å². The number of nitrogens with one attached hydrogen (secondary N) is 1. The molecule has 0 spiro atoms. The average Bonchev–Trinajstić information content (AvgIpc) is 3.12. The Balaban J connectivity index is 1.93. The largest absolute Gasteiger partial charge is 0.307 e. The molecule has 1 atom stereocenters. The number of benzene rings is 1. The number of para-hydroxylation sites is 1. The molecule has 0 fully saturated rings. The van der Waals surface area contributed by atoms with Gasteiger partial charge in [0.15, 0.2) is 0 Å². The van der Waals surface area contributed by atoms with E-state index >= 15 is 0 Å². The molecule has 1 aromatic carbocycles. The normalized spacial score (nSPS) is 12.5. The molecule has 96 valence electrons. The molecule has 0 radical (unpaired) electrons. The molecule has 0 amide bonds. The van der Waals surface area contributed by atoms with E-state index in [1.807, 2.05) is 66.0 Å².